The lowest BCUT2D eigenvalue weighted by Gasteiger charge is -2.11. The van der Waals surface area contributed by atoms with E-state index in [9.17, 15) is 27.6 Å². The highest BCUT2D eigenvalue weighted by Gasteiger charge is 2.31. The molecular weight excluding hydrogens is 431 g/mol. The van der Waals surface area contributed by atoms with Crippen molar-refractivity contribution in [3.8, 4) is 5.75 Å². The standard InChI is InChI=1S/C22H18F3NO6/c1-12-16(10-20(29)32-11-19(27)28)17-9-15(31-2)6-7-18(17)26(12)21(30)13-4-3-5-14(8-13)22(23,24)25/h3-9H,10-11H2,1-2H3,(H,27,28). The Morgan fingerprint density at radius 3 is 2.44 bits per heavy atom. The van der Waals surface area contributed by atoms with Crippen LogP contribution in [0.3, 0.4) is 0 Å². The summed E-state index contributed by atoms with van der Waals surface area (Å²) < 4.78 is 50.4. The first kappa shape index (κ1) is 22.9. The van der Waals surface area contributed by atoms with Crippen molar-refractivity contribution in [1.82, 2.24) is 4.57 Å². The largest absolute Gasteiger partial charge is 0.497 e. The number of methoxy groups -OCH3 is 1. The van der Waals surface area contributed by atoms with Gasteiger partial charge in [-0.15, -0.1) is 0 Å². The van der Waals surface area contributed by atoms with E-state index in [1.165, 1.54) is 24.7 Å². The SMILES string of the molecule is COc1ccc2c(c1)c(CC(=O)OCC(=O)O)c(C)n2C(=O)c1cccc(C(F)(F)F)c1. The smallest absolute Gasteiger partial charge is 0.416 e. The lowest BCUT2D eigenvalue weighted by atomic mass is 10.1. The molecule has 0 atom stereocenters. The number of alkyl halides is 3. The Hall–Kier alpha value is -3.82. The van der Waals surface area contributed by atoms with Crippen LogP contribution in [-0.4, -0.2) is 41.2 Å². The number of carboxylic acid groups (broad SMARTS) is 1. The number of hydrogen-bond acceptors (Lipinski definition) is 5. The van der Waals surface area contributed by atoms with Gasteiger partial charge in [0, 0.05) is 16.6 Å². The van der Waals surface area contributed by atoms with Gasteiger partial charge < -0.3 is 14.6 Å². The Morgan fingerprint density at radius 1 is 1.09 bits per heavy atom. The summed E-state index contributed by atoms with van der Waals surface area (Å²) in [6.45, 7) is 0.723. The highest BCUT2D eigenvalue weighted by atomic mass is 19.4. The summed E-state index contributed by atoms with van der Waals surface area (Å²) >= 11 is 0. The number of esters is 1. The van der Waals surface area contributed by atoms with E-state index in [1.54, 1.807) is 18.2 Å². The summed E-state index contributed by atoms with van der Waals surface area (Å²) in [7, 11) is 1.43. The molecule has 3 aromatic rings. The Bertz CT molecular complexity index is 1210. The Morgan fingerprint density at radius 2 is 1.81 bits per heavy atom. The summed E-state index contributed by atoms with van der Waals surface area (Å²) in [5.74, 6) is -2.43. The maximum absolute atomic E-state index is 13.2. The van der Waals surface area contributed by atoms with Crippen LogP contribution in [0, 0.1) is 6.92 Å². The van der Waals surface area contributed by atoms with Gasteiger partial charge in [-0.25, -0.2) is 4.79 Å². The van der Waals surface area contributed by atoms with Crippen molar-refractivity contribution < 1.29 is 42.1 Å². The van der Waals surface area contributed by atoms with Crippen molar-refractivity contribution >= 4 is 28.7 Å². The number of nitrogens with zero attached hydrogens (tertiary/aromatic N) is 1. The molecule has 168 valence electrons. The molecule has 1 aromatic heterocycles. The lowest BCUT2D eigenvalue weighted by molar-refractivity contribution is -0.154. The molecule has 0 spiro atoms. The van der Waals surface area contributed by atoms with Crippen molar-refractivity contribution in [3.63, 3.8) is 0 Å². The molecule has 1 N–H and O–H groups in total. The Labute approximate surface area is 180 Å². The maximum atomic E-state index is 13.2. The average Bonchev–Trinajstić information content (AvgIpc) is 3.01. The second-order valence-electron chi connectivity index (χ2n) is 6.90. The third kappa shape index (κ3) is 4.58. The molecule has 0 unspecified atom stereocenters. The van der Waals surface area contributed by atoms with Gasteiger partial charge >= 0.3 is 18.1 Å². The molecule has 0 fully saturated rings. The molecule has 3 rings (SSSR count). The van der Waals surface area contributed by atoms with E-state index < -0.39 is 36.2 Å². The number of carboxylic acids is 1. The van der Waals surface area contributed by atoms with E-state index in [4.69, 9.17) is 9.84 Å². The van der Waals surface area contributed by atoms with Crippen molar-refractivity contribution in [2.45, 2.75) is 19.5 Å². The molecule has 0 saturated heterocycles. The summed E-state index contributed by atoms with van der Waals surface area (Å²) in [4.78, 5) is 36.0. The highest BCUT2D eigenvalue weighted by Crippen LogP contribution is 2.33. The van der Waals surface area contributed by atoms with Gasteiger partial charge in [-0.2, -0.15) is 13.2 Å². The third-order valence-corrected chi connectivity index (χ3v) is 4.86. The number of ether oxygens (including phenoxy) is 2. The Balaban J connectivity index is 2.11. The van der Waals surface area contributed by atoms with E-state index in [2.05, 4.69) is 4.74 Å². The van der Waals surface area contributed by atoms with Gasteiger partial charge in [0.25, 0.3) is 5.91 Å². The monoisotopic (exact) mass is 449 g/mol. The molecule has 0 radical (unpaired) electrons. The van der Waals surface area contributed by atoms with Crippen molar-refractivity contribution in [2.24, 2.45) is 0 Å². The molecular formula is C22H18F3NO6. The predicted molar refractivity (Wildman–Crippen MR) is 107 cm³/mol. The minimum absolute atomic E-state index is 0.185. The van der Waals surface area contributed by atoms with Crippen LogP contribution in [0.1, 0.15) is 27.2 Å². The van der Waals surface area contributed by atoms with E-state index in [-0.39, 0.29) is 12.0 Å². The van der Waals surface area contributed by atoms with Gasteiger partial charge in [0.1, 0.15) is 5.75 Å². The number of carbonyl (C=O) groups is 3. The van der Waals surface area contributed by atoms with Crippen LogP contribution in [0.2, 0.25) is 0 Å². The molecule has 7 nitrogen and oxygen atoms in total. The molecule has 32 heavy (non-hydrogen) atoms. The van der Waals surface area contributed by atoms with Crippen LogP contribution in [0.5, 0.6) is 5.75 Å². The normalized spacial score (nSPS) is 11.4. The number of aromatic nitrogens is 1. The average molecular weight is 449 g/mol. The molecule has 0 amide bonds. The fourth-order valence-electron chi connectivity index (χ4n) is 3.37. The molecule has 2 aromatic carbocycles. The molecule has 0 aliphatic rings. The molecule has 0 saturated carbocycles. The second-order valence-corrected chi connectivity index (χ2v) is 6.90. The van der Waals surface area contributed by atoms with Gasteiger partial charge in [-0.1, -0.05) is 6.07 Å². The van der Waals surface area contributed by atoms with E-state index in [0.29, 0.717) is 27.9 Å². The molecule has 0 bridgehead atoms. The van der Waals surface area contributed by atoms with Crippen molar-refractivity contribution in [1.29, 1.82) is 0 Å². The van der Waals surface area contributed by atoms with Gasteiger partial charge in [0.05, 0.1) is 24.6 Å². The molecule has 0 aliphatic heterocycles. The third-order valence-electron chi connectivity index (χ3n) is 4.86. The number of benzene rings is 2. The number of fused-ring (bicyclic) bond motifs is 1. The number of carbonyl (C=O) groups excluding carboxylic acids is 2. The first-order valence-electron chi connectivity index (χ1n) is 9.30. The summed E-state index contributed by atoms with van der Waals surface area (Å²) in [6.07, 6.45) is -4.96. The second kappa shape index (κ2) is 8.74. The van der Waals surface area contributed by atoms with E-state index in [0.717, 1.165) is 18.2 Å². The van der Waals surface area contributed by atoms with Crippen LogP contribution in [0.4, 0.5) is 13.2 Å². The fraction of sp³-hybridized carbons (Fsp3) is 0.227. The van der Waals surface area contributed by atoms with Crippen LogP contribution in [0.25, 0.3) is 10.9 Å². The zero-order chi connectivity index (χ0) is 23.6. The van der Waals surface area contributed by atoms with Crippen LogP contribution >= 0.6 is 0 Å². The number of rotatable bonds is 6. The first-order valence-corrected chi connectivity index (χ1v) is 9.30. The quantitative estimate of drug-likeness (QED) is 0.575. The van der Waals surface area contributed by atoms with Crippen LogP contribution < -0.4 is 4.74 Å². The summed E-state index contributed by atoms with van der Waals surface area (Å²) in [5, 5.41) is 9.14. The molecule has 1 heterocycles. The predicted octanol–water partition coefficient (Wildman–Crippen LogP) is 3.84. The zero-order valence-electron chi connectivity index (χ0n) is 17.0. The lowest BCUT2D eigenvalue weighted by Crippen LogP contribution is -2.17. The van der Waals surface area contributed by atoms with Gasteiger partial charge in [0.15, 0.2) is 6.61 Å². The summed E-state index contributed by atoms with van der Waals surface area (Å²) in [6, 6.07) is 8.75. The van der Waals surface area contributed by atoms with Crippen LogP contribution in [-0.2, 0) is 26.9 Å². The van der Waals surface area contributed by atoms with E-state index in [1.807, 2.05) is 0 Å². The van der Waals surface area contributed by atoms with Crippen molar-refractivity contribution in [3.05, 3.63) is 64.8 Å². The Kier molecular flexibility index (Phi) is 6.24. The first-order chi connectivity index (χ1) is 15.0. The minimum atomic E-state index is -4.61. The van der Waals surface area contributed by atoms with Crippen molar-refractivity contribution in [2.75, 3.05) is 13.7 Å². The topological polar surface area (TPSA) is 94.8 Å². The van der Waals surface area contributed by atoms with Gasteiger partial charge in [0.2, 0.25) is 0 Å². The zero-order valence-corrected chi connectivity index (χ0v) is 17.0. The van der Waals surface area contributed by atoms with Gasteiger partial charge in [-0.3, -0.25) is 14.2 Å². The number of aliphatic carboxylic acids is 1. The van der Waals surface area contributed by atoms with E-state index >= 15 is 0 Å². The minimum Gasteiger partial charge on any atom is -0.497 e. The van der Waals surface area contributed by atoms with Crippen LogP contribution in [0.15, 0.2) is 42.5 Å². The number of hydrogen-bond donors (Lipinski definition) is 1. The maximum Gasteiger partial charge on any atom is 0.416 e. The molecule has 10 heteroatoms. The van der Waals surface area contributed by atoms with Gasteiger partial charge in [-0.05, 0) is 48.9 Å². The molecule has 0 aliphatic carbocycles. The summed E-state index contributed by atoms with van der Waals surface area (Å²) in [5.41, 5.74) is -0.114. The number of halogens is 3. The highest BCUT2D eigenvalue weighted by molar-refractivity contribution is 6.05. The fourth-order valence-corrected chi connectivity index (χ4v) is 3.37.